The van der Waals surface area contributed by atoms with Gasteiger partial charge < -0.3 is 29.5 Å². The van der Waals surface area contributed by atoms with E-state index in [0.717, 1.165) is 32.1 Å². The number of aliphatic hydroxyl groups is 3. The molecule has 0 bridgehead atoms. The molecule has 0 amide bonds. The van der Waals surface area contributed by atoms with Gasteiger partial charge in [-0.3, -0.25) is 19.4 Å². The predicted molar refractivity (Wildman–Crippen MR) is 224 cm³/mol. The Labute approximate surface area is 350 Å². The van der Waals surface area contributed by atoms with Crippen LogP contribution < -0.4 is 4.74 Å². The highest BCUT2D eigenvalue weighted by molar-refractivity contribution is 5.79. The van der Waals surface area contributed by atoms with Crippen LogP contribution in [0.15, 0.2) is 48.7 Å². The van der Waals surface area contributed by atoms with Crippen LogP contribution >= 0.6 is 0 Å². The lowest BCUT2D eigenvalue weighted by Crippen LogP contribution is -2.30. The summed E-state index contributed by atoms with van der Waals surface area (Å²) in [5.74, 6) is 4.00. The molecule has 3 N–H and O–H groups in total. The standard InChI is InChI=1S/C49H63NO9/c1-4-25-48(27-13-14-28-48)46(55)57-33-37-32-50-35(3)45(41(37)34-58-47(56)49(26-5-2)29-15-16-30-49)59-44(54)20-12-7-6-11-19-39-40(43(53)31-42(39)52)24-23-38(51)22-21-36-17-9-8-10-18-36/h1-2,6,8-11,17-18,32,38-40,42-43,51-53H,7,12-16,19-31,33-34H2,3H3/b11-6-/t38-,39+,40+,42-,43+/m0/s1. The smallest absolute Gasteiger partial charge is 0.313 e. The Hall–Kier alpha value is -4.48. The fourth-order valence-corrected chi connectivity index (χ4v) is 9.39. The lowest BCUT2D eigenvalue weighted by molar-refractivity contribution is -0.158. The number of ether oxygens (including phenoxy) is 3. The first-order valence-corrected chi connectivity index (χ1v) is 21.6. The number of terminal acetylenes is 2. The third-order valence-electron chi connectivity index (χ3n) is 13.0. The Kier molecular flexibility index (Phi) is 17.2. The fraction of sp³-hybridized carbons (Fsp3) is 0.592. The molecule has 2 aromatic rings. The molecule has 3 aliphatic carbocycles. The summed E-state index contributed by atoms with van der Waals surface area (Å²) in [6, 6.07) is 10.1. The normalized spacial score (nSPS) is 22.4. The van der Waals surface area contributed by atoms with Crippen molar-refractivity contribution in [1.29, 1.82) is 0 Å². The van der Waals surface area contributed by atoms with E-state index in [9.17, 15) is 29.7 Å². The molecule has 318 valence electrons. The lowest BCUT2D eigenvalue weighted by atomic mass is 9.83. The monoisotopic (exact) mass is 809 g/mol. The number of allylic oxidation sites excluding steroid dienone is 2. The van der Waals surface area contributed by atoms with Gasteiger partial charge in [0.05, 0.1) is 34.8 Å². The number of rotatable bonds is 21. The van der Waals surface area contributed by atoms with E-state index in [-0.39, 0.29) is 49.6 Å². The van der Waals surface area contributed by atoms with Crippen molar-refractivity contribution in [3.05, 3.63) is 71.1 Å². The number of esters is 3. The first kappa shape index (κ1) is 45.6. The highest BCUT2D eigenvalue weighted by Crippen LogP contribution is 2.44. The van der Waals surface area contributed by atoms with Crippen LogP contribution in [-0.2, 0) is 43.5 Å². The van der Waals surface area contributed by atoms with Gasteiger partial charge in [-0.25, -0.2) is 0 Å². The van der Waals surface area contributed by atoms with E-state index in [4.69, 9.17) is 27.1 Å². The molecule has 0 spiro atoms. The number of pyridine rings is 1. The van der Waals surface area contributed by atoms with E-state index in [1.54, 1.807) is 13.1 Å². The number of aliphatic hydroxyl groups excluding tert-OH is 3. The maximum atomic E-state index is 13.5. The summed E-state index contributed by atoms with van der Waals surface area (Å²) in [6.45, 7) is 1.34. The minimum atomic E-state index is -0.750. The third-order valence-corrected chi connectivity index (χ3v) is 13.0. The fourth-order valence-electron chi connectivity index (χ4n) is 9.39. The number of hydrogen-bond acceptors (Lipinski definition) is 10. The second kappa shape index (κ2) is 22.2. The zero-order valence-corrected chi connectivity index (χ0v) is 34.7. The number of aromatic nitrogens is 1. The average Bonchev–Trinajstić information content (AvgIpc) is 3.98. The van der Waals surface area contributed by atoms with Gasteiger partial charge in [0.25, 0.3) is 0 Å². The summed E-state index contributed by atoms with van der Waals surface area (Å²) in [7, 11) is 0. The Bertz CT molecular complexity index is 1810. The highest BCUT2D eigenvalue weighted by atomic mass is 16.6. The number of aryl methyl sites for hydroxylation is 2. The maximum absolute atomic E-state index is 13.5. The van der Waals surface area contributed by atoms with Gasteiger partial charge in [0.1, 0.15) is 13.2 Å². The molecule has 0 saturated heterocycles. The second-order valence-electron chi connectivity index (χ2n) is 17.1. The van der Waals surface area contributed by atoms with Crippen molar-refractivity contribution in [3.8, 4) is 30.4 Å². The molecule has 3 fully saturated rings. The number of carbonyl (C=O) groups is 3. The van der Waals surface area contributed by atoms with Gasteiger partial charge in [0.15, 0.2) is 5.75 Å². The van der Waals surface area contributed by atoms with Crippen molar-refractivity contribution in [2.24, 2.45) is 22.7 Å². The molecule has 3 aliphatic rings. The highest BCUT2D eigenvalue weighted by Gasteiger charge is 2.44. The molecule has 10 heteroatoms. The minimum absolute atomic E-state index is 0.103. The van der Waals surface area contributed by atoms with Crippen LogP contribution in [0.1, 0.15) is 138 Å². The van der Waals surface area contributed by atoms with Gasteiger partial charge >= 0.3 is 17.9 Å². The summed E-state index contributed by atoms with van der Waals surface area (Å²) < 4.78 is 17.7. The molecule has 10 nitrogen and oxygen atoms in total. The molecule has 5 rings (SSSR count). The van der Waals surface area contributed by atoms with Crippen molar-refractivity contribution in [2.45, 2.75) is 160 Å². The van der Waals surface area contributed by atoms with Crippen molar-refractivity contribution in [3.63, 3.8) is 0 Å². The molecule has 0 unspecified atom stereocenters. The molecule has 1 heterocycles. The van der Waals surface area contributed by atoms with Crippen LogP contribution in [0.5, 0.6) is 5.75 Å². The van der Waals surface area contributed by atoms with Crippen LogP contribution in [0.25, 0.3) is 0 Å². The number of unbranched alkanes of at least 4 members (excludes halogenated alkanes) is 1. The first-order chi connectivity index (χ1) is 28.5. The summed E-state index contributed by atoms with van der Waals surface area (Å²) in [4.78, 5) is 44.7. The molecule has 59 heavy (non-hydrogen) atoms. The lowest BCUT2D eigenvalue weighted by Gasteiger charge is -2.26. The largest absolute Gasteiger partial charge is 0.460 e. The van der Waals surface area contributed by atoms with Crippen molar-refractivity contribution < 1.29 is 43.9 Å². The molecule has 0 aliphatic heterocycles. The van der Waals surface area contributed by atoms with Gasteiger partial charge in [-0.05, 0) is 101 Å². The zero-order valence-electron chi connectivity index (χ0n) is 34.7. The first-order valence-electron chi connectivity index (χ1n) is 21.6. The second-order valence-corrected chi connectivity index (χ2v) is 17.1. The van der Waals surface area contributed by atoms with Gasteiger partial charge in [0.2, 0.25) is 0 Å². The Morgan fingerprint density at radius 2 is 1.49 bits per heavy atom. The maximum Gasteiger partial charge on any atom is 0.313 e. The van der Waals surface area contributed by atoms with E-state index in [0.29, 0.717) is 93.9 Å². The molecule has 1 aromatic carbocycles. The van der Waals surface area contributed by atoms with Crippen LogP contribution in [0.2, 0.25) is 0 Å². The topological polar surface area (TPSA) is 152 Å². The summed E-state index contributed by atoms with van der Waals surface area (Å²) >= 11 is 0. The van der Waals surface area contributed by atoms with E-state index >= 15 is 0 Å². The predicted octanol–water partition coefficient (Wildman–Crippen LogP) is 7.80. The Balaban J connectivity index is 1.16. The van der Waals surface area contributed by atoms with E-state index in [1.807, 2.05) is 30.4 Å². The van der Waals surface area contributed by atoms with Gasteiger partial charge in [-0.1, -0.05) is 68.2 Å². The Morgan fingerprint density at radius 3 is 2.12 bits per heavy atom. The van der Waals surface area contributed by atoms with Crippen molar-refractivity contribution in [1.82, 2.24) is 4.98 Å². The molecule has 3 saturated carbocycles. The van der Waals surface area contributed by atoms with Crippen LogP contribution in [-0.4, -0.2) is 56.5 Å². The molecule has 1 aromatic heterocycles. The van der Waals surface area contributed by atoms with Crippen LogP contribution in [0.4, 0.5) is 0 Å². The van der Waals surface area contributed by atoms with Crippen LogP contribution in [0.3, 0.4) is 0 Å². The molecule has 5 atom stereocenters. The zero-order chi connectivity index (χ0) is 42.3. The SMILES string of the molecule is C#CCC1(C(=O)OCc2cnc(C)c(OC(=O)CCC/C=C\C[C@@H]3[C@@H](CC[C@@H](O)CCc4ccccc4)[C@H](O)C[C@@H]3O)c2COC(=O)C2(CC#C)CCCC2)CCCC1. The van der Waals surface area contributed by atoms with Crippen molar-refractivity contribution in [2.75, 3.05) is 0 Å². The minimum Gasteiger partial charge on any atom is -0.460 e. The van der Waals surface area contributed by atoms with Gasteiger partial charge in [-0.15, -0.1) is 24.7 Å². The van der Waals surface area contributed by atoms with E-state index in [1.165, 1.54) is 5.56 Å². The summed E-state index contributed by atoms with van der Waals surface area (Å²) in [5, 5.41) is 32.1. The van der Waals surface area contributed by atoms with Crippen LogP contribution in [0, 0.1) is 54.3 Å². The van der Waals surface area contributed by atoms with E-state index in [2.05, 4.69) is 29.0 Å². The Morgan fingerprint density at radius 1 is 0.881 bits per heavy atom. The number of carbonyl (C=O) groups excluding carboxylic acids is 3. The van der Waals surface area contributed by atoms with Gasteiger partial charge in [-0.2, -0.15) is 0 Å². The quantitative estimate of drug-likeness (QED) is 0.0493. The average molecular weight is 810 g/mol. The summed E-state index contributed by atoms with van der Waals surface area (Å²) in [5.41, 5.74) is 1.01. The van der Waals surface area contributed by atoms with E-state index < -0.39 is 41.1 Å². The number of benzene rings is 1. The third kappa shape index (κ3) is 12.3. The number of nitrogens with zero attached hydrogens (tertiary/aromatic N) is 1. The summed E-state index contributed by atoms with van der Waals surface area (Å²) in [6.07, 6.45) is 26.6. The number of hydrogen-bond donors (Lipinski definition) is 3. The molecule has 0 radical (unpaired) electrons. The molecular weight excluding hydrogens is 747 g/mol. The molecular formula is C49H63NO9. The van der Waals surface area contributed by atoms with Gasteiger partial charge in [0, 0.05) is 36.6 Å². The van der Waals surface area contributed by atoms with Crippen molar-refractivity contribution >= 4 is 17.9 Å².